The van der Waals surface area contributed by atoms with Gasteiger partial charge in [0.05, 0.1) is 0 Å². The van der Waals surface area contributed by atoms with Crippen LogP contribution in [-0.2, 0) is 9.53 Å². The van der Waals surface area contributed by atoms with E-state index in [1.807, 2.05) is 36.4 Å². The Balaban J connectivity index is 2.17. The first kappa shape index (κ1) is 17.5. The predicted octanol–water partition coefficient (Wildman–Crippen LogP) is 3.89. The number of carbonyl (C=O) groups is 2. The summed E-state index contributed by atoms with van der Waals surface area (Å²) in [6.07, 6.45) is -0.639. The maximum atomic E-state index is 12.6. The highest BCUT2D eigenvalue weighted by Crippen LogP contribution is 2.17. The van der Waals surface area contributed by atoms with E-state index in [0.717, 1.165) is 0 Å². The van der Waals surface area contributed by atoms with E-state index in [2.05, 4.69) is 10.6 Å². The van der Waals surface area contributed by atoms with Gasteiger partial charge in [0.1, 0.15) is 11.6 Å². The molecule has 0 aliphatic heterocycles. The SMILES string of the molecule is CC(C)(C)OC(=O)N[C@H](C(=O)Nc1ccccc1)c1ccccc1. The molecular formula is C19H22N2O3. The van der Waals surface area contributed by atoms with Gasteiger partial charge in [-0.2, -0.15) is 0 Å². The van der Waals surface area contributed by atoms with Crippen LogP contribution in [0.15, 0.2) is 60.7 Å². The first-order chi connectivity index (χ1) is 11.3. The van der Waals surface area contributed by atoms with Crippen LogP contribution in [0.3, 0.4) is 0 Å². The third kappa shape index (κ3) is 5.43. The fourth-order valence-corrected chi connectivity index (χ4v) is 2.11. The molecule has 126 valence electrons. The minimum absolute atomic E-state index is 0.335. The van der Waals surface area contributed by atoms with Gasteiger partial charge < -0.3 is 15.4 Å². The van der Waals surface area contributed by atoms with Gasteiger partial charge in [-0.3, -0.25) is 4.79 Å². The van der Waals surface area contributed by atoms with Crippen LogP contribution >= 0.6 is 0 Å². The van der Waals surface area contributed by atoms with Crippen LogP contribution in [0.25, 0.3) is 0 Å². The minimum atomic E-state index is -0.846. The van der Waals surface area contributed by atoms with Crippen LogP contribution in [0.5, 0.6) is 0 Å². The molecule has 0 aliphatic carbocycles. The Morgan fingerprint density at radius 1 is 0.917 bits per heavy atom. The first-order valence-corrected chi connectivity index (χ1v) is 7.75. The van der Waals surface area contributed by atoms with Crippen LogP contribution in [0.4, 0.5) is 10.5 Å². The number of ether oxygens (including phenoxy) is 1. The quantitative estimate of drug-likeness (QED) is 0.895. The Hall–Kier alpha value is -2.82. The van der Waals surface area contributed by atoms with Crippen LogP contribution in [0.2, 0.25) is 0 Å². The molecule has 0 bridgehead atoms. The Morgan fingerprint density at radius 2 is 1.46 bits per heavy atom. The highest BCUT2D eigenvalue weighted by atomic mass is 16.6. The van der Waals surface area contributed by atoms with Gasteiger partial charge in [0, 0.05) is 5.69 Å². The summed E-state index contributed by atoms with van der Waals surface area (Å²) in [4.78, 5) is 24.7. The van der Waals surface area contributed by atoms with Crippen molar-refractivity contribution >= 4 is 17.7 Å². The molecule has 0 radical (unpaired) electrons. The van der Waals surface area contributed by atoms with Crippen molar-refractivity contribution < 1.29 is 14.3 Å². The van der Waals surface area contributed by atoms with E-state index in [0.29, 0.717) is 11.3 Å². The van der Waals surface area contributed by atoms with Gasteiger partial charge in [0.15, 0.2) is 0 Å². The molecule has 2 rings (SSSR count). The minimum Gasteiger partial charge on any atom is -0.444 e. The Bertz CT molecular complexity index is 679. The normalized spacial score (nSPS) is 12.1. The molecule has 2 N–H and O–H groups in total. The molecule has 2 amide bonds. The van der Waals surface area contributed by atoms with Gasteiger partial charge in [-0.25, -0.2) is 4.79 Å². The number of carbonyl (C=O) groups excluding carboxylic acids is 2. The number of para-hydroxylation sites is 1. The lowest BCUT2D eigenvalue weighted by molar-refractivity contribution is -0.118. The van der Waals surface area contributed by atoms with Crippen molar-refractivity contribution in [3.05, 3.63) is 66.2 Å². The lowest BCUT2D eigenvalue weighted by Crippen LogP contribution is -2.40. The number of nitrogens with one attached hydrogen (secondary N) is 2. The van der Waals surface area contributed by atoms with Crippen molar-refractivity contribution in [3.8, 4) is 0 Å². The second kappa shape index (κ2) is 7.64. The molecule has 24 heavy (non-hydrogen) atoms. The Labute approximate surface area is 142 Å². The second-order valence-electron chi connectivity index (χ2n) is 6.35. The van der Waals surface area contributed by atoms with Crippen LogP contribution < -0.4 is 10.6 Å². The average Bonchev–Trinajstić information content (AvgIpc) is 2.52. The molecule has 5 heteroatoms. The molecule has 0 heterocycles. The van der Waals surface area contributed by atoms with Crippen LogP contribution in [0, 0.1) is 0 Å². The zero-order chi connectivity index (χ0) is 17.6. The molecule has 0 spiro atoms. The maximum Gasteiger partial charge on any atom is 0.408 e. The summed E-state index contributed by atoms with van der Waals surface area (Å²) >= 11 is 0. The van der Waals surface area contributed by atoms with Crippen LogP contribution in [-0.4, -0.2) is 17.6 Å². The molecular weight excluding hydrogens is 304 g/mol. The van der Waals surface area contributed by atoms with E-state index in [1.54, 1.807) is 45.0 Å². The fraction of sp³-hybridized carbons (Fsp3) is 0.263. The summed E-state index contributed by atoms with van der Waals surface area (Å²) in [6.45, 7) is 5.32. The third-order valence-corrected chi connectivity index (χ3v) is 3.10. The molecule has 0 aromatic heterocycles. The predicted molar refractivity (Wildman–Crippen MR) is 93.6 cm³/mol. The van der Waals surface area contributed by atoms with E-state index in [4.69, 9.17) is 4.74 Å². The molecule has 5 nitrogen and oxygen atoms in total. The maximum absolute atomic E-state index is 12.6. The molecule has 0 aliphatic rings. The fourth-order valence-electron chi connectivity index (χ4n) is 2.11. The van der Waals surface area contributed by atoms with E-state index in [-0.39, 0.29) is 5.91 Å². The van der Waals surface area contributed by atoms with Gasteiger partial charge in [-0.15, -0.1) is 0 Å². The number of benzene rings is 2. The van der Waals surface area contributed by atoms with Gasteiger partial charge in [-0.05, 0) is 38.5 Å². The average molecular weight is 326 g/mol. The summed E-state index contributed by atoms with van der Waals surface area (Å²) in [5, 5.41) is 5.44. The monoisotopic (exact) mass is 326 g/mol. The van der Waals surface area contributed by atoms with Crippen molar-refractivity contribution in [3.63, 3.8) is 0 Å². The summed E-state index contributed by atoms with van der Waals surface area (Å²) in [6, 6.07) is 17.3. The third-order valence-electron chi connectivity index (χ3n) is 3.10. The lowest BCUT2D eigenvalue weighted by atomic mass is 10.1. The number of alkyl carbamates (subject to hydrolysis) is 1. The summed E-state index contributed by atoms with van der Waals surface area (Å²) in [5.74, 6) is -0.335. The molecule has 2 aromatic carbocycles. The largest absolute Gasteiger partial charge is 0.444 e. The van der Waals surface area contributed by atoms with Gasteiger partial charge in [0.2, 0.25) is 0 Å². The molecule has 1 atom stereocenters. The molecule has 0 saturated heterocycles. The van der Waals surface area contributed by atoms with Crippen molar-refractivity contribution in [2.45, 2.75) is 32.4 Å². The van der Waals surface area contributed by atoms with Crippen LogP contribution in [0.1, 0.15) is 32.4 Å². The summed E-state index contributed by atoms with van der Waals surface area (Å²) in [5.41, 5.74) is 0.701. The summed E-state index contributed by atoms with van der Waals surface area (Å²) < 4.78 is 5.26. The van der Waals surface area contributed by atoms with Gasteiger partial charge >= 0.3 is 6.09 Å². The molecule has 2 aromatic rings. The number of anilines is 1. The highest BCUT2D eigenvalue weighted by molar-refractivity contribution is 5.97. The summed E-state index contributed by atoms with van der Waals surface area (Å²) in [7, 11) is 0. The zero-order valence-corrected chi connectivity index (χ0v) is 14.1. The number of amides is 2. The highest BCUT2D eigenvalue weighted by Gasteiger charge is 2.25. The molecule has 0 fully saturated rings. The number of hydrogen-bond donors (Lipinski definition) is 2. The van der Waals surface area contributed by atoms with Gasteiger partial charge in [-0.1, -0.05) is 48.5 Å². The van der Waals surface area contributed by atoms with Gasteiger partial charge in [0.25, 0.3) is 5.91 Å². The second-order valence-corrected chi connectivity index (χ2v) is 6.35. The Kier molecular flexibility index (Phi) is 5.58. The van der Waals surface area contributed by atoms with E-state index in [1.165, 1.54) is 0 Å². The van der Waals surface area contributed by atoms with E-state index < -0.39 is 17.7 Å². The van der Waals surface area contributed by atoms with Crippen molar-refractivity contribution in [2.24, 2.45) is 0 Å². The standard InChI is InChI=1S/C19H22N2O3/c1-19(2,3)24-18(23)21-16(14-10-6-4-7-11-14)17(22)20-15-12-8-5-9-13-15/h4-13,16H,1-3H3,(H,20,22)(H,21,23)/t16-/m0/s1. The lowest BCUT2D eigenvalue weighted by Gasteiger charge is -2.23. The number of rotatable bonds is 4. The molecule has 0 saturated carbocycles. The van der Waals surface area contributed by atoms with Crippen molar-refractivity contribution in [1.29, 1.82) is 0 Å². The number of hydrogen-bond acceptors (Lipinski definition) is 3. The zero-order valence-electron chi connectivity index (χ0n) is 14.1. The smallest absolute Gasteiger partial charge is 0.408 e. The van der Waals surface area contributed by atoms with E-state index in [9.17, 15) is 9.59 Å². The molecule has 0 unspecified atom stereocenters. The topological polar surface area (TPSA) is 67.4 Å². The Morgan fingerprint density at radius 3 is 2.00 bits per heavy atom. The van der Waals surface area contributed by atoms with E-state index >= 15 is 0 Å². The first-order valence-electron chi connectivity index (χ1n) is 7.75. The van der Waals surface area contributed by atoms with Crippen molar-refractivity contribution in [2.75, 3.05) is 5.32 Å². The van der Waals surface area contributed by atoms with Crippen molar-refractivity contribution in [1.82, 2.24) is 5.32 Å².